The lowest BCUT2D eigenvalue weighted by atomic mass is 10.0. The number of nitro benzene ring substituents is 1. The predicted octanol–water partition coefficient (Wildman–Crippen LogP) is 4.28. The summed E-state index contributed by atoms with van der Waals surface area (Å²) in [4.78, 5) is 11.0. The number of hydrogen-bond acceptors (Lipinski definition) is 4. The SMILES string of the molecule is CCc1ccc(S(=O)(=O)Cc2ccc([N+](=O)[O-])c3ccccc23)cc1. The van der Waals surface area contributed by atoms with Crippen molar-refractivity contribution in [1.82, 2.24) is 0 Å². The van der Waals surface area contributed by atoms with E-state index in [4.69, 9.17) is 0 Å². The fourth-order valence-electron chi connectivity index (χ4n) is 2.85. The topological polar surface area (TPSA) is 77.3 Å². The number of rotatable bonds is 5. The molecule has 0 fully saturated rings. The molecule has 0 aliphatic heterocycles. The molecule has 3 aromatic carbocycles. The second-order valence-corrected chi connectivity index (χ2v) is 7.79. The van der Waals surface area contributed by atoms with Crippen molar-refractivity contribution in [3.8, 4) is 0 Å². The Kier molecular flexibility index (Phi) is 4.55. The first-order chi connectivity index (χ1) is 11.9. The van der Waals surface area contributed by atoms with Gasteiger partial charge in [0, 0.05) is 6.07 Å². The Morgan fingerprint density at radius 1 is 0.920 bits per heavy atom. The third kappa shape index (κ3) is 3.39. The highest BCUT2D eigenvalue weighted by atomic mass is 32.2. The Labute approximate surface area is 146 Å². The fourth-order valence-corrected chi connectivity index (χ4v) is 4.23. The van der Waals surface area contributed by atoms with Crippen molar-refractivity contribution in [2.75, 3.05) is 0 Å². The van der Waals surface area contributed by atoms with E-state index in [9.17, 15) is 18.5 Å². The molecule has 0 aliphatic carbocycles. The van der Waals surface area contributed by atoms with E-state index in [0.717, 1.165) is 12.0 Å². The molecule has 0 saturated heterocycles. The molecular formula is C19H17NO4S. The molecule has 0 aliphatic rings. The number of non-ortho nitro benzene ring substituents is 1. The van der Waals surface area contributed by atoms with Gasteiger partial charge in [0.05, 0.1) is 21.0 Å². The largest absolute Gasteiger partial charge is 0.277 e. The molecule has 128 valence electrons. The van der Waals surface area contributed by atoms with E-state index in [1.807, 2.05) is 6.92 Å². The zero-order valence-corrected chi connectivity index (χ0v) is 14.5. The lowest BCUT2D eigenvalue weighted by Crippen LogP contribution is -2.06. The van der Waals surface area contributed by atoms with Crippen LogP contribution in [-0.4, -0.2) is 13.3 Å². The van der Waals surface area contributed by atoms with Gasteiger partial charge in [0.15, 0.2) is 9.84 Å². The van der Waals surface area contributed by atoms with Gasteiger partial charge < -0.3 is 0 Å². The summed E-state index contributed by atoms with van der Waals surface area (Å²) in [7, 11) is -3.53. The van der Waals surface area contributed by atoms with E-state index in [2.05, 4.69) is 0 Å². The minimum Gasteiger partial charge on any atom is -0.258 e. The molecule has 0 N–H and O–H groups in total. The van der Waals surface area contributed by atoms with E-state index in [1.165, 1.54) is 12.1 Å². The highest BCUT2D eigenvalue weighted by Crippen LogP contribution is 2.30. The summed E-state index contributed by atoms with van der Waals surface area (Å²) >= 11 is 0. The number of sulfone groups is 1. The normalized spacial score (nSPS) is 11.6. The molecule has 0 spiro atoms. The fraction of sp³-hybridized carbons (Fsp3) is 0.158. The van der Waals surface area contributed by atoms with Gasteiger partial charge in [0.1, 0.15) is 0 Å². The highest BCUT2D eigenvalue weighted by molar-refractivity contribution is 7.90. The van der Waals surface area contributed by atoms with Crippen LogP contribution in [0.3, 0.4) is 0 Å². The van der Waals surface area contributed by atoms with Crippen molar-refractivity contribution >= 4 is 26.3 Å². The van der Waals surface area contributed by atoms with E-state index in [1.54, 1.807) is 48.5 Å². The van der Waals surface area contributed by atoms with Crippen molar-refractivity contribution in [2.24, 2.45) is 0 Å². The first-order valence-corrected chi connectivity index (χ1v) is 9.54. The highest BCUT2D eigenvalue weighted by Gasteiger charge is 2.20. The molecule has 6 heteroatoms. The standard InChI is InChI=1S/C19H17NO4S/c1-2-14-7-10-16(11-8-14)25(23,24)13-15-9-12-19(20(21)22)18-6-4-3-5-17(15)18/h3-12H,2,13H2,1H3. The number of hydrogen-bond donors (Lipinski definition) is 0. The van der Waals surface area contributed by atoms with E-state index < -0.39 is 14.8 Å². The molecular weight excluding hydrogens is 338 g/mol. The predicted molar refractivity (Wildman–Crippen MR) is 97.3 cm³/mol. The van der Waals surface area contributed by atoms with Crippen LogP contribution >= 0.6 is 0 Å². The van der Waals surface area contributed by atoms with Crippen LogP contribution in [0.2, 0.25) is 0 Å². The van der Waals surface area contributed by atoms with E-state index >= 15 is 0 Å². The van der Waals surface area contributed by atoms with Crippen molar-refractivity contribution in [3.63, 3.8) is 0 Å². The van der Waals surface area contributed by atoms with Crippen LogP contribution in [0, 0.1) is 10.1 Å². The van der Waals surface area contributed by atoms with Crippen LogP contribution in [0.15, 0.2) is 65.6 Å². The minimum absolute atomic E-state index is 0.0240. The number of aryl methyl sites for hydroxylation is 1. The molecule has 0 atom stereocenters. The zero-order valence-electron chi connectivity index (χ0n) is 13.7. The van der Waals surface area contributed by atoms with Gasteiger partial charge in [-0.05, 0) is 41.1 Å². The maximum Gasteiger partial charge on any atom is 0.277 e. The lowest BCUT2D eigenvalue weighted by Gasteiger charge is -2.09. The van der Waals surface area contributed by atoms with Crippen LogP contribution in [0.4, 0.5) is 5.69 Å². The summed E-state index contributed by atoms with van der Waals surface area (Å²) in [5, 5.41) is 12.2. The quantitative estimate of drug-likeness (QED) is 0.505. The Morgan fingerprint density at radius 2 is 1.56 bits per heavy atom. The Morgan fingerprint density at radius 3 is 2.16 bits per heavy atom. The second-order valence-electron chi connectivity index (χ2n) is 5.80. The molecule has 5 nitrogen and oxygen atoms in total. The molecule has 3 rings (SSSR count). The number of nitrogens with zero attached hydrogens (tertiary/aromatic N) is 1. The van der Waals surface area contributed by atoms with Gasteiger partial charge in [0.25, 0.3) is 5.69 Å². The van der Waals surface area contributed by atoms with Crippen LogP contribution < -0.4 is 0 Å². The number of fused-ring (bicyclic) bond motifs is 1. The van der Waals surface area contributed by atoms with Gasteiger partial charge in [-0.15, -0.1) is 0 Å². The van der Waals surface area contributed by atoms with E-state index in [0.29, 0.717) is 16.3 Å². The summed E-state index contributed by atoms with van der Waals surface area (Å²) in [6.07, 6.45) is 0.841. The van der Waals surface area contributed by atoms with Crippen molar-refractivity contribution in [3.05, 3.63) is 81.9 Å². The second kappa shape index (κ2) is 6.64. The van der Waals surface area contributed by atoms with Gasteiger partial charge in [-0.3, -0.25) is 10.1 Å². The van der Waals surface area contributed by atoms with Crippen LogP contribution in [0.1, 0.15) is 18.1 Å². The van der Waals surface area contributed by atoms with Crippen LogP contribution in [-0.2, 0) is 22.0 Å². The molecule has 0 aromatic heterocycles. The van der Waals surface area contributed by atoms with Gasteiger partial charge in [-0.2, -0.15) is 0 Å². The van der Waals surface area contributed by atoms with Gasteiger partial charge in [0.2, 0.25) is 0 Å². The van der Waals surface area contributed by atoms with Gasteiger partial charge in [-0.25, -0.2) is 8.42 Å². The number of benzene rings is 3. The molecule has 25 heavy (non-hydrogen) atoms. The molecule has 0 radical (unpaired) electrons. The first-order valence-electron chi connectivity index (χ1n) is 7.89. The molecule has 0 saturated carbocycles. The van der Waals surface area contributed by atoms with E-state index in [-0.39, 0.29) is 16.3 Å². The lowest BCUT2D eigenvalue weighted by molar-refractivity contribution is -0.383. The third-order valence-corrected chi connectivity index (χ3v) is 5.91. The Hall–Kier alpha value is -2.73. The van der Waals surface area contributed by atoms with Crippen LogP contribution in [0.25, 0.3) is 10.8 Å². The summed E-state index contributed by atoms with van der Waals surface area (Å²) in [6, 6.07) is 16.5. The summed E-state index contributed by atoms with van der Waals surface area (Å²) in [5.41, 5.74) is 1.60. The smallest absolute Gasteiger partial charge is 0.258 e. The van der Waals surface area contributed by atoms with Gasteiger partial charge in [-0.1, -0.05) is 43.3 Å². The molecule has 0 bridgehead atoms. The average Bonchev–Trinajstić information content (AvgIpc) is 2.61. The van der Waals surface area contributed by atoms with Gasteiger partial charge >= 0.3 is 0 Å². The molecule has 0 amide bonds. The molecule has 0 unspecified atom stereocenters. The van der Waals surface area contributed by atoms with Crippen molar-refractivity contribution in [1.29, 1.82) is 0 Å². The monoisotopic (exact) mass is 355 g/mol. The molecule has 0 heterocycles. The maximum atomic E-state index is 12.7. The Bertz CT molecular complexity index is 1040. The summed E-state index contributed by atoms with van der Waals surface area (Å²) in [5.74, 6) is -0.197. The number of nitro groups is 1. The maximum absolute atomic E-state index is 12.7. The first kappa shape index (κ1) is 17.1. The molecule has 3 aromatic rings. The average molecular weight is 355 g/mol. The Balaban J connectivity index is 2.05. The summed E-state index contributed by atoms with van der Waals surface area (Å²) < 4.78 is 25.5. The van der Waals surface area contributed by atoms with Crippen molar-refractivity contribution < 1.29 is 13.3 Å². The third-order valence-electron chi connectivity index (χ3n) is 4.22. The van der Waals surface area contributed by atoms with Crippen molar-refractivity contribution in [2.45, 2.75) is 24.0 Å². The summed E-state index contributed by atoms with van der Waals surface area (Å²) in [6.45, 7) is 2.01. The zero-order chi connectivity index (χ0) is 18.0. The van der Waals surface area contributed by atoms with Crippen LogP contribution in [0.5, 0.6) is 0 Å². The minimum atomic E-state index is -3.53.